The standard InChI is InChI=1S/C20H17Cl2FN4/c21-13-3-1-12(2-4-13)10-27-19-15(9-26-27)20(5-6-24-19)11-25-18-8-16(22)17(23)7-14(18)20/h1-4,7-9,24-25H,5-6,10-11H2/t20-/m1/s1. The minimum Gasteiger partial charge on any atom is -0.384 e. The van der Waals surface area contributed by atoms with Gasteiger partial charge in [0.1, 0.15) is 11.6 Å². The maximum absolute atomic E-state index is 14.2. The fraction of sp³-hybridized carbons (Fsp3) is 0.250. The molecule has 138 valence electrons. The lowest BCUT2D eigenvalue weighted by molar-refractivity contribution is 0.511. The summed E-state index contributed by atoms with van der Waals surface area (Å²) in [7, 11) is 0. The summed E-state index contributed by atoms with van der Waals surface area (Å²) < 4.78 is 16.2. The predicted molar refractivity (Wildman–Crippen MR) is 107 cm³/mol. The van der Waals surface area contributed by atoms with E-state index in [1.165, 1.54) is 0 Å². The van der Waals surface area contributed by atoms with Gasteiger partial charge < -0.3 is 10.6 Å². The third-order valence-corrected chi connectivity index (χ3v) is 6.14. The highest BCUT2D eigenvalue weighted by Crippen LogP contribution is 2.49. The zero-order valence-electron chi connectivity index (χ0n) is 14.4. The number of anilines is 2. The summed E-state index contributed by atoms with van der Waals surface area (Å²) in [6.07, 6.45) is 2.77. The van der Waals surface area contributed by atoms with Crippen LogP contribution >= 0.6 is 23.2 Å². The molecule has 2 N–H and O–H groups in total. The molecule has 0 amide bonds. The van der Waals surface area contributed by atoms with E-state index in [0.717, 1.165) is 41.2 Å². The topological polar surface area (TPSA) is 41.9 Å². The molecule has 0 fully saturated rings. The first kappa shape index (κ1) is 16.9. The highest BCUT2D eigenvalue weighted by atomic mass is 35.5. The largest absolute Gasteiger partial charge is 0.384 e. The van der Waals surface area contributed by atoms with Crippen molar-refractivity contribution in [3.05, 3.63) is 75.1 Å². The molecule has 0 saturated heterocycles. The van der Waals surface area contributed by atoms with Crippen molar-refractivity contribution in [3.8, 4) is 0 Å². The van der Waals surface area contributed by atoms with E-state index in [4.69, 9.17) is 23.2 Å². The van der Waals surface area contributed by atoms with Crippen LogP contribution < -0.4 is 10.6 Å². The van der Waals surface area contributed by atoms with Gasteiger partial charge in [-0.3, -0.25) is 0 Å². The monoisotopic (exact) mass is 402 g/mol. The quantitative estimate of drug-likeness (QED) is 0.639. The third kappa shape index (κ3) is 2.60. The van der Waals surface area contributed by atoms with Gasteiger partial charge in [-0.25, -0.2) is 9.07 Å². The highest BCUT2D eigenvalue weighted by Gasteiger charge is 2.45. The van der Waals surface area contributed by atoms with E-state index in [1.54, 1.807) is 12.1 Å². The van der Waals surface area contributed by atoms with Gasteiger partial charge in [0, 0.05) is 34.8 Å². The molecule has 0 bridgehead atoms. The number of rotatable bonds is 2. The maximum atomic E-state index is 14.2. The molecule has 27 heavy (non-hydrogen) atoms. The van der Waals surface area contributed by atoms with E-state index in [1.807, 2.05) is 35.1 Å². The average molecular weight is 403 g/mol. The Labute approximate surface area is 166 Å². The lowest BCUT2D eigenvalue weighted by Crippen LogP contribution is -2.37. The summed E-state index contributed by atoms with van der Waals surface area (Å²) >= 11 is 12.0. The number of nitrogens with one attached hydrogen (secondary N) is 2. The van der Waals surface area contributed by atoms with Crippen LogP contribution in [0.4, 0.5) is 15.9 Å². The number of hydrogen-bond donors (Lipinski definition) is 2. The Morgan fingerprint density at radius 2 is 1.93 bits per heavy atom. The smallest absolute Gasteiger partial charge is 0.142 e. The van der Waals surface area contributed by atoms with Crippen LogP contribution in [-0.2, 0) is 12.0 Å². The Balaban J connectivity index is 1.57. The molecule has 1 aromatic heterocycles. The van der Waals surface area contributed by atoms with E-state index in [2.05, 4.69) is 15.7 Å². The number of aromatic nitrogens is 2. The molecular weight excluding hydrogens is 386 g/mol. The van der Waals surface area contributed by atoms with Crippen LogP contribution in [0.5, 0.6) is 0 Å². The summed E-state index contributed by atoms with van der Waals surface area (Å²) in [6.45, 7) is 2.15. The predicted octanol–water partition coefficient (Wildman–Crippen LogP) is 4.90. The molecule has 3 heterocycles. The fourth-order valence-corrected chi connectivity index (χ4v) is 4.52. The summed E-state index contributed by atoms with van der Waals surface area (Å²) in [4.78, 5) is 0. The van der Waals surface area contributed by atoms with Crippen LogP contribution in [0.15, 0.2) is 42.6 Å². The van der Waals surface area contributed by atoms with Crippen LogP contribution in [-0.4, -0.2) is 22.9 Å². The third-order valence-electron chi connectivity index (χ3n) is 5.60. The Kier molecular flexibility index (Phi) is 3.85. The van der Waals surface area contributed by atoms with Crippen molar-refractivity contribution in [2.75, 3.05) is 23.7 Å². The average Bonchev–Trinajstić information content (AvgIpc) is 3.22. The van der Waals surface area contributed by atoms with Crippen LogP contribution in [0.2, 0.25) is 10.0 Å². The second kappa shape index (κ2) is 6.14. The van der Waals surface area contributed by atoms with Crippen molar-refractivity contribution >= 4 is 34.7 Å². The molecule has 2 aliphatic heterocycles. The van der Waals surface area contributed by atoms with Gasteiger partial charge in [0.25, 0.3) is 0 Å². The van der Waals surface area contributed by atoms with Crippen molar-refractivity contribution in [1.29, 1.82) is 0 Å². The minimum absolute atomic E-state index is 0.144. The molecule has 0 aliphatic carbocycles. The zero-order valence-corrected chi connectivity index (χ0v) is 15.9. The van der Waals surface area contributed by atoms with Crippen molar-refractivity contribution in [3.63, 3.8) is 0 Å². The van der Waals surface area contributed by atoms with Gasteiger partial charge in [0.05, 0.1) is 17.8 Å². The number of halogens is 3. The normalized spacial score (nSPS) is 20.1. The second-order valence-corrected chi connectivity index (χ2v) is 7.96. The molecule has 5 rings (SSSR count). The van der Waals surface area contributed by atoms with Gasteiger partial charge in [0.15, 0.2) is 0 Å². The second-order valence-electron chi connectivity index (χ2n) is 7.12. The molecule has 1 atom stereocenters. The summed E-state index contributed by atoms with van der Waals surface area (Å²) in [5, 5.41) is 12.4. The molecule has 0 unspecified atom stereocenters. The summed E-state index contributed by atoms with van der Waals surface area (Å²) in [5.41, 5.74) is 3.78. The van der Waals surface area contributed by atoms with Gasteiger partial charge in [-0.15, -0.1) is 0 Å². The van der Waals surface area contributed by atoms with Gasteiger partial charge in [0.2, 0.25) is 0 Å². The molecule has 0 radical (unpaired) electrons. The van der Waals surface area contributed by atoms with Gasteiger partial charge in [-0.1, -0.05) is 35.3 Å². The number of hydrogen-bond acceptors (Lipinski definition) is 3. The first-order valence-corrected chi connectivity index (χ1v) is 9.60. The lowest BCUT2D eigenvalue weighted by Gasteiger charge is -2.34. The van der Waals surface area contributed by atoms with Crippen LogP contribution in [0, 0.1) is 5.82 Å². The Bertz CT molecular complexity index is 1030. The van der Waals surface area contributed by atoms with E-state index >= 15 is 0 Å². The van der Waals surface area contributed by atoms with Crippen LogP contribution in [0.1, 0.15) is 23.1 Å². The molecule has 4 nitrogen and oxygen atoms in total. The fourth-order valence-electron chi connectivity index (χ4n) is 4.23. The highest BCUT2D eigenvalue weighted by molar-refractivity contribution is 6.31. The van der Waals surface area contributed by atoms with Gasteiger partial charge in [-0.2, -0.15) is 5.10 Å². The number of nitrogens with zero attached hydrogens (tertiary/aromatic N) is 2. The first-order chi connectivity index (χ1) is 13.1. The number of benzene rings is 2. The minimum atomic E-state index is -0.382. The van der Waals surface area contributed by atoms with Crippen molar-refractivity contribution in [2.24, 2.45) is 0 Å². The number of fused-ring (bicyclic) bond motifs is 4. The Morgan fingerprint density at radius 1 is 1.11 bits per heavy atom. The molecule has 2 aliphatic rings. The lowest BCUT2D eigenvalue weighted by atomic mass is 9.72. The maximum Gasteiger partial charge on any atom is 0.142 e. The molecular formula is C20H17Cl2FN4. The van der Waals surface area contributed by atoms with Gasteiger partial charge in [-0.05, 0) is 41.8 Å². The first-order valence-electron chi connectivity index (χ1n) is 8.85. The molecule has 0 saturated carbocycles. The van der Waals surface area contributed by atoms with Crippen molar-refractivity contribution in [1.82, 2.24) is 9.78 Å². The Morgan fingerprint density at radius 3 is 2.74 bits per heavy atom. The van der Waals surface area contributed by atoms with E-state index in [9.17, 15) is 4.39 Å². The summed E-state index contributed by atoms with van der Waals surface area (Å²) in [6, 6.07) is 11.0. The van der Waals surface area contributed by atoms with Crippen LogP contribution in [0.25, 0.3) is 0 Å². The van der Waals surface area contributed by atoms with Crippen molar-refractivity contribution < 1.29 is 4.39 Å². The van der Waals surface area contributed by atoms with Gasteiger partial charge >= 0.3 is 0 Å². The van der Waals surface area contributed by atoms with E-state index < -0.39 is 0 Å². The SMILES string of the molecule is Fc1cc2c(cc1Cl)NC[C@]21CCNc2c1cnn2Cc1ccc(Cl)cc1. The van der Waals surface area contributed by atoms with Crippen molar-refractivity contribution in [2.45, 2.75) is 18.4 Å². The summed E-state index contributed by atoms with van der Waals surface area (Å²) in [5.74, 6) is 0.605. The molecule has 1 spiro atoms. The zero-order chi connectivity index (χ0) is 18.6. The molecule has 2 aromatic carbocycles. The van der Waals surface area contributed by atoms with E-state index in [0.29, 0.717) is 18.1 Å². The van der Waals surface area contributed by atoms with Crippen LogP contribution in [0.3, 0.4) is 0 Å². The van der Waals surface area contributed by atoms with E-state index in [-0.39, 0.29) is 16.3 Å². The Hall–Kier alpha value is -2.24. The molecule has 3 aromatic rings. The molecule has 7 heteroatoms.